The number of fused-ring (bicyclic) bond motifs is 1. The van der Waals surface area contributed by atoms with Crippen molar-refractivity contribution in [2.45, 2.75) is 18.9 Å². The topological polar surface area (TPSA) is 76.7 Å². The molecule has 2 amide bonds. The highest BCUT2D eigenvalue weighted by molar-refractivity contribution is 5.94. The maximum atomic E-state index is 13.9. The molecule has 6 nitrogen and oxygen atoms in total. The van der Waals surface area contributed by atoms with Crippen molar-refractivity contribution in [1.29, 1.82) is 0 Å². The molecule has 0 saturated carbocycles. The summed E-state index contributed by atoms with van der Waals surface area (Å²) < 4.78 is 25.1. The van der Waals surface area contributed by atoms with E-state index in [1.165, 1.54) is 25.2 Å². The Bertz CT molecular complexity index is 825. The minimum Gasteiger partial charge on any atom is -0.485 e. The number of para-hydroxylation sites is 2. The summed E-state index contributed by atoms with van der Waals surface area (Å²) in [6.45, 7) is 0.0908. The predicted molar refractivity (Wildman–Crippen MR) is 93.8 cm³/mol. The van der Waals surface area contributed by atoms with E-state index in [2.05, 4.69) is 10.6 Å². The molecule has 1 heterocycles. The van der Waals surface area contributed by atoms with Gasteiger partial charge in [-0.2, -0.15) is 0 Å². The second-order valence-corrected chi connectivity index (χ2v) is 5.83. The third kappa shape index (κ3) is 4.11. The van der Waals surface area contributed by atoms with E-state index in [0.29, 0.717) is 22.7 Å². The van der Waals surface area contributed by atoms with Crippen LogP contribution in [0.15, 0.2) is 42.5 Å². The van der Waals surface area contributed by atoms with Crippen molar-refractivity contribution < 1.29 is 23.5 Å². The smallest absolute Gasteiger partial charge is 0.269 e. The Balaban J connectivity index is 1.65. The van der Waals surface area contributed by atoms with Gasteiger partial charge in [-0.1, -0.05) is 12.1 Å². The van der Waals surface area contributed by atoms with Gasteiger partial charge in [-0.3, -0.25) is 9.59 Å². The van der Waals surface area contributed by atoms with Crippen molar-refractivity contribution >= 4 is 17.5 Å². The van der Waals surface area contributed by atoms with E-state index in [4.69, 9.17) is 9.47 Å². The van der Waals surface area contributed by atoms with Crippen LogP contribution in [0, 0.1) is 5.82 Å². The van der Waals surface area contributed by atoms with Gasteiger partial charge in [0.2, 0.25) is 12.0 Å². The summed E-state index contributed by atoms with van der Waals surface area (Å²) in [6, 6.07) is 11.4. The van der Waals surface area contributed by atoms with Gasteiger partial charge in [-0.25, -0.2) is 4.39 Å². The number of aryl methyl sites for hydroxylation is 1. The molecule has 2 aromatic rings. The number of amides is 2. The molecule has 7 heteroatoms. The summed E-state index contributed by atoms with van der Waals surface area (Å²) in [4.78, 5) is 23.7. The Kier molecular flexibility index (Phi) is 5.36. The zero-order valence-electron chi connectivity index (χ0n) is 14.3. The molecule has 1 aliphatic rings. The van der Waals surface area contributed by atoms with E-state index in [-0.39, 0.29) is 31.3 Å². The second-order valence-electron chi connectivity index (χ2n) is 5.83. The Labute approximate surface area is 150 Å². The molecular formula is C19H19FN2O4. The molecule has 26 heavy (non-hydrogen) atoms. The molecule has 0 spiro atoms. The van der Waals surface area contributed by atoms with Crippen LogP contribution in [-0.2, 0) is 16.0 Å². The van der Waals surface area contributed by atoms with Crippen molar-refractivity contribution in [2.75, 3.05) is 19.0 Å². The first-order chi connectivity index (χ1) is 12.6. The van der Waals surface area contributed by atoms with Crippen molar-refractivity contribution in [3.8, 4) is 11.5 Å². The third-order valence-electron chi connectivity index (χ3n) is 4.01. The number of halogens is 1. The van der Waals surface area contributed by atoms with Gasteiger partial charge in [-0.05, 0) is 42.3 Å². The van der Waals surface area contributed by atoms with Crippen molar-refractivity contribution in [2.24, 2.45) is 0 Å². The Morgan fingerprint density at radius 1 is 1.19 bits per heavy atom. The molecule has 3 rings (SSSR count). The summed E-state index contributed by atoms with van der Waals surface area (Å²) in [5, 5.41) is 5.19. The van der Waals surface area contributed by atoms with Crippen molar-refractivity contribution in [3.05, 3.63) is 53.8 Å². The lowest BCUT2D eigenvalue weighted by molar-refractivity contribution is -0.125. The van der Waals surface area contributed by atoms with Crippen LogP contribution in [0.3, 0.4) is 0 Å². The number of hydrogen-bond acceptors (Lipinski definition) is 4. The number of rotatable bonds is 5. The molecule has 1 unspecified atom stereocenters. The first-order valence-electron chi connectivity index (χ1n) is 8.25. The highest BCUT2D eigenvalue weighted by Crippen LogP contribution is 2.31. The zero-order chi connectivity index (χ0) is 18.5. The van der Waals surface area contributed by atoms with Crippen LogP contribution >= 0.6 is 0 Å². The Morgan fingerprint density at radius 3 is 2.73 bits per heavy atom. The molecule has 1 atom stereocenters. The number of carbonyl (C=O) groups excluding carboxylic acids is 2. The zero-order valence-corrected chi connectivity index (χ0v) is 14.3. The fourth-order valence-corrected chi connectivity index (χ4v) is 2.59. The SMILES string of the molecule is CNC(=O)CCc1cc(NC(=O)C2COc3ccccc3O2)ccc1F. The molecule has 0 aromatic heterocycles. The van der Waals surface area contributed by atoms with Crippen molar-refractivity contribution in [1.82, 2.24) is 5.32 Å². The lowest BCUT2D eigenvalue weighted by Gasteiger charge is -2.25. The van der Waals surface area contributed by atoms with Crippen LogP contribution in [0.4, 0.5) is 10.1 Å². The molecule has 0 saturated heterocycles. The molecule has 1 aliphatic heterocycles. The van der Waals surface area contributed by atoms with Gasteiger partial charge in [0.05, 0.1) is 0 Å². The highest BCUT2D eigenvalue weighted by atomic mass is 19.1. The molecule has 0 radical (unpaired) electrons. The van der Waals surface area contributed by atoms with Gasteiger partial charge in [-0.15, -0.1) is 0 Å². The lowest BCUT2D eigenvalue weighted by atomic mass is 10.1. The molecular weight excluding hydrogens is 339 g/mol. The van der Waals surface area contributed by atoms with Crippen molar-refractivity contribution in [3.63, 3.8) is 0 Å². The van der Waals surface area contributed by atoms with E-state index in [0.717, 1.165) is 0 Å². The standard InChI is InChI=1S/C19H19FN2O4/c1-21-18(23)9-6-12-10-13(7-8-14(12)20)22-19(24)17-11-25-15-4-2-3-5-16(15)26-17/h2-5,7-8,10,17H,6,9,11H2,1H3,(H,21,23)(H,22,24). The van der Waals surface area contributed by atoms with E-state index in [1.807, 2.05) is 6.07 Å². The average Bonchev–Trinajstić information content (AvgIpc) is 2.67. The number of carbonyl (C=O) groups is 2. The fourth-order valence-electron chi connectivity index (χ4n) is 2.59. The van der Waals surface area contributed by atoms with Crippen LogP contribution in [0.5, 0.6) is 11.5 Å². The largest absolute Gasteiger partial charge is 0.485 e. The highest BCUT2D eigenvalue weighted by Gasteiger charge is 2.27. The van der Waals surface area contributed by atoms with E-state index < -0.39 is 11.9 Å². The summed E-state index contributed by atoms with van der Waals surface area (Å²) in [7, 11) is 1.53. The van der Waals surface area contributed by atoms with Gasteiger partial charge in [0, 0.05) is 19.2 Å². The number of hydrogen-bond donors (Lipinski definition) is 2. The fraction of sp³-hybridized carbons (Fsp3) is 0.263. The molecule has 2 aromatic carbocycles. The van der Waals surface area contributed by atoms with Gasteiger partial charge < -0.3 is 20.1 Å². The third-order valence-corrected chi connectivity index (χ3v) is 4.01. The van der Waals surface area contributed by atoms with Gasteiger partial charge in [0.1, 0.15) is 12.4 Å². The normalized spacial score (nSPS) is 15.2. The molecule has 2 N–H and O–H groups in total. The predicted octanol–water partition coefficient (Wildman–Crippen LogP) is 2.28. The summed E-state index contributed by atoms with van der Waals surface area (Å²) >= 11 is 0. The van der Waals surface area contributed by atoms with Crippen LogP contribution in [-0.4, -0.2) is 31.6 Å². The van der Waals surface area contributed by atoms with E-state index >= 15 is 0 Å². The molecule has 0 fully saturated rings. The number of ether oxygens (including phenoxy) is 2. The average molecular weight is 358 g/mol. The van der Waals surface area contributed by atoms with Gasteiger partial charge in [0.25, 0.3) is 5.91 Å². The molecule has 136 valence electrons. The number of anilines is 1. The lowest BCUT2D eigenvalue weighted by Crippen LogP contribution is -2.40. The number of benzene rings is 2. The van der Waals surface area contributed by atoms with Crippen LogP contribution in [0.25, 0.3) is 0 Å². The Morgan fingerprint density at radius 2 is 1.96 bits per heavy atom. The van der Waals surface area contributed by atoms with Crippen LogP contribution in [0.1, 0.15) is 12.0 Å². The Hall–Kier alpha value is -3.09. The van der Waals surface area contributed by atoms with Gasteiger partial charge in [0.15, 0.2) is 11.5 Å². The first-order valence-corrected chi connectivity index (χ1v) is 8.25. The second kappa shape index (κ2) is 7.86. The maximum absolute atomic E-state index is 13.9. The number of nitrogens with one attached hydrogen (secondary N) is 2. The van der Waals surface area contributed by atoms with Crippen LogP contribution < -0.4 is 20.1 Å². The minimum absolute atomic E-state index is 0.0908. The minimum atomic E-state index is -0.802. The van der Waals surface area contributed by atoms with E-state index in [9.17, 15) is 14.0 Å². The molecule has 0 bridgehead atoms. The first kappa shape index (κ1) is 17.7. The summed E-state index contributed by atoms with van der Waals surface area (Å²) in [5.41, 5.74) is 0.795. The maximum Gasteiger partial charge on any atom is 0.269 e. The summed E-state index contributed by atoms with van der Waals surface area (Å²) in [6.07, 6.45) is -0.392. The van der Waals surface area contributed by atoms with Crippen LogP contribution in [0.2, 0.25) is 0 Å². The van der Waals surface area contributed by atoms with E-state index in [1.54, 1.807) is 18.2 Å². The van der Waals surface area contributed by atoms with Gasteiger partial charge >= 0.3 is 0 Å². The summed E-state index contributed by atoms with van der Waals surface area (Å²) in [5.74, 6) is 0.116. The quantitative estimate of drug-likeness (QED) is 0.860. The monoisotopic (exact) mass is 358 g/mol. The molecule has 0 aliphatic carbocycles.